The van der Waals surface area contributed by atoms with E-state index in [-0.39, 0.29) is 36.0 Å². The third kappa shape index (κ3) is 5.87. The number of rotatable bonds is 4. The predicted octanol–water partition coefficient (Wildman–Crippen LogP) is 4.24. The first-order valence-corrected chi connectivity index (χ1v) is 11.6. The Morgan fingerprint density at radius 2 is 1.83 bits per heavy atom. The summed E-state index contributed by atoms with van der Waals surface area (Å²) in [4.78, 5) is 30.5. The molecule has 1 aliphatic heterocycles. The molecule has 0 spiro atoms. The topological polar surface area (TPSA) is 80.1 Å². The van der Waals surface area contributed by atoms with Crippen molar-refractivity contribution in [2.24, 2.45) is 0 Å². The number of aryl methyl sites for hydroxylation is 1. The smallest absolute Gasteiger partial charge is 0.276 e. The van der Waals surface area contributed by atoms with Gasteiger partial charge in [-0.25, -0.2) is 9.37 Å². The number of benzene rings is 1. The van der Waals surface area contributed by atoms with E-state index in [0.29, 0.717) is 24.5 Å². The van der Waals surface area contributed by atoms with Gasteiger partial charge in [-0.05, 0) is 30.7 Å². The van der Waals surface area contributed by atoms with Crippen LogP contribution in [-0.2, 0) is 11.3 Å². The second kappa shape index (κ2) is 10.3. The lowest BCUT2D eigenvalue weighted by Crippen LogP contribution is -2.46. The number of carbonyl (C=O) groups excluding carboxylic acids is 2. The van der Waals surface area contributed by atoms with E-state index in [4.69, 9.17) is 11.6 Å². The lowest BCUT2D eigenvalue weighted by Gasteiger charge is -2.36. The SMILES string of the molecule is CC(=O)N1CCC(F)(Cn2ncc(Cl)c2C(=O)Nc2ncc(C#Cc3ccccc3)cc2C)CC1. The molecule has 35 heavy (non-hydrogen) atoms. The molecule has 3 heterocycles. The monoisotopic (exact) mass is 493 g/mol. The zero-order valence-electron chi connectivity index (χ0n) is 19.5. The summed E-state index contributed by atoms with van der Waals surface area (Å²) < 4.78 is 16.8. The number of anilines is 1. The van der Waals surface area contributed by atoms with Gasteiger partial charge >= 0.3 is 0 Å². The van der Waals surface area contributed by atoms with Gasteiger partial charge in [0.2, 0.25) is 5.91 Å². The third-order valence-corrected chi connectivity index (χ3v) is 6.26. The molecule has 2 aromatic heterocycles. The molecule has 1 aromatic carbocycles. The Balaban J connectivity index is 1.47. The van der Waals surface area contributed by atoms with Crippen LogP contribution in [-0.4, -0.2) is 50.2 Å². The molecule has 0 radical (unpaired) electrons. The van der Waals surface area contributed by atoms with E-state index in [0.717, 1.165) is 11.1 Å². The first kappa shape index (κ1) is 24.4. The Labute approximate surface area is 208 Å². The molecular formula is C26H25ClFN5O2. The average Bonchev–Trinajstić information content (AvgIpc) is 3.19. The highest BCUT2D eigenvalue weighted by atomic mass is 35.5. The van der Waals surface area contributed by atoms with E-state index in [1.54, 1.807) is 11.1 Å². The quantitative estimate of drug-likeness (QED) is 0.551. The summed E-state index contributed by atoms with van der Waals surface area (Å²) in [5.41, 5.74) is 0.793. The van der Waals surface area contributed by atoms with Gasteiger partial charge in [0, 0.05) is 50.2 Å². The van der Waals surface area contributed by atoms with Crippen molar-refractivity contribution in [3.05, 3.63) is 76.2 Å². The van der Waals surface area contributed by atoms with Crippen LogP contribution in [0.4, 0.5) is 10.2 Å². The first-order chi connectivity index (χ1) is 16.7. The molecule has 0 aliphatic carbocycles. The summed E-state index contributed by atoms with van der Waals surface area (Å²) in [6.07, 6.45) is 3.23. The summed E-state index contributed by atoms with van der Waals surface area (Å²) in [7, 11) is 0. The molecule has 1 fully saturated rings. The van der Waals surface area contributed by atoms with Crippen LogP contribution in [0, 0.1) is 18.8 Å². The number of alkyl halides is 1. The fourth-order valence-corrected chi connectivity index (χ4v) is 4.19. The van der Waals surface area contributed by atoms with Crippen molar-refractivity contribution < 1.29 is 14.0 Å². The van der Waals surface area contributed by atoms with Crippen molar-refractivity contribution in [3.8, 4) is 11.8 Å². The number of pyridine rings is 1. The number of carbonyl (C=O) groups is 2. The standard InChI is InChI=1S/C26H25ClFN5O2/c1-18-14-21(9-8-20-6-4-3-5-7-20)15-29-24(18)31-25(35)23-22(27)16-30-33(23)17-26(28)10-12-32(13-11-26)19(2)34/h3-7,14-16H,10-13,17H2,1-2H3,(H,29,31,35). The maximum Gasteiger partial charge on any atom is 0.276 e. The molecule has 3 aromatic rings. The van der Waals surface area contributed by atoms with E-state index >= 15 is 4.39 Å². The molecule has 1 aliphatic rings. The summed E-state index contributed by atoms with van der Waals surface area (Å²) in [6, 6.07) is 11.4. The van der Waals surface area contributed by atoms with Gasteiger partial charge in [0.1, 0.15) is 17.2 Å². The summed E-state index contributed by atoms with van der Waals surface area (Å²) >= 11 is 6.24. The highest BCUT2D eigenvalue weighted by Crippen LogP contribution is 2.30. The van der Waals surface area contributed by atoms with E-state index in [2.05, 4.69) is 27.2 Å². The molecule has 0 saturated carbocycles. The van der Waals surface area contributed by atoms with Crippen LogP contribution in [0.25, 0.3) is 0 Å². The van der Waals surface area contributed by atoms with Gasteiger partial charge in [-0.3, -0.25) is 14.3 Å². The summed E-state index contributed by atoms with van der Waals surface area (Å²) in [5, 5.41) is 6.99. The fraction of sp³-hybridized carbons (Fsp3) is 0.308. The van der Waals surface area contributed by atoms with Crippen molar-refractivity contribution in [2.45, 2.75) is 38.9 Å². The van der Waals surface area contributed by atoms with Crippen molar-refractivity contribution >= 4 is 29.2 Å². The lowest BCUT2D eigenvalue weighted by atomic mass is 9.93. The van der Waals surface area contributed by atoms with Crippen molar-refractivity contribution in [1.82, 2.24) is 19.7 Å². The van der Waals surface area contributed by atoms with Crippen molar-refractivity contribution in [1.29, 1.82) is 0 Å². The molecule has 4 rings (SSSR count). The highest BCUT2D eigenvalue weighted by molar-refractivity contribution is 6.34. The number of likely N-dealkylation sites (tertiary alicyclic amines) is 1. The number of nitrogens with one attached hydrogen (secondary N) is 1. The maximum absolute atomic E-state index is 15.5. The van der Waals surface area contributed by atoms with Gasteiger partial charge in [-0.2, -0.15) is 5.10 Å². The van der Waals surface area contributed by atoms with E-state index in [9.17, 15) is 9.59 Å². The van der Waals surface area contributed by atoms with Crippen LogP contribution in [0.1, 0.15) is 46.9 Å². The van der Waals surface area contributed by atoms with Gasteiger partial charge in [-0.1, -0.05) is 41.6 Å². The molecule has 1 N–H and O–H groups in total. The Bertz CT molecular complexity index is 1300. The molecule has 9 heteroatoms. The average molecular weight is 494 g/mol. The van der Waals surface area contributed by atoms with Gasteiger partial charge in [0.05, 0.1) is 17.8 Å². The molecular weight excluding hydrogens is 469 g/mol. The van der Waals surface area contributed by atoms with E-state index < -0.39 is 11.6 Å². The van der Waals surface area contributed by atoms with Crippen LogP contribution in [0.15, 0.2) is 48.8 Å². The molecule has 0 bridgehead atoms. The van der Waals surface area contributed by atoms with Gasteiger partial charge < -0.3 is 10.2 Å². The number of hydrogen-bond donors (Lipinski definition) is 1. The Hall–Kier alpha value is -3.70. The Morgan fingerprint density at radius 1 is 1.14 bits per heavy atom. The molecule has 0 unspecified atom stereocenters. The summed E-state index contributed by atoms with van der Waals surface area (Å²) in [6.45, 7) is 3.80. The largest absolute Gasteiger partial charge is 0.343 e. The molecule has 180 valence electrons. The first-order valence-electron chi connectivity index (χ1n) is 11.2. The minimum absolute atomic E-state index is 0.0619. The third-order valence-electron chi connectivity index (χ3n) is 5.98. The Kier molecular flexibility index (Phi) is 7.17. The zero-order valence-corrected chi connectivity index (χ0v) is 20.3. The minimum atomic E-state index is -1.59. The maximum atomic E-state index is 15.5. The molecule has 2 amide bonds. The number of halogens is 2. The van der Waals surface area contributed by atoms with Crippen LogP contribution in [0.5, 0.6) is 0 Å². The second-order valence-corrected chi connectivity index (χ2v) is 9.02. The molecule has 7 nitrogen and oxygen atoms in total. The van der Waals surface area contributed by atoms with Crippen LogP contribution in [0.3, 0.4) is 0 Å². The number of amides is 2. The van der Waals surface area contributed by atoms with E-state index in [1.165, 1.54) is 17.8 Å². The molecule has 0 atom stereocenters. The zero-order chi connectivity index (χ0) is 25.0. The number of piperidine rings is 1. The van der Waals surface area contributed by atoms with Crippen LogP contribution >= 0.6 is 11.6 Å². The van der Waals surface area contributed by atoms with E-state index in [1.807, 2.05) is 43.3 Å². The number of aromatic nitrogens is 3. The van der Waals surface area contributed by atoms with Crippen molar-refractivity contribution in [2.75, 3.05) is 18.4 Å². The normalized spacial score (nSPS) is 14.7. The number of hydrogen-bond acceptors (Lipinski definition) is 4. The number of nitrogens with zero attached hydrogens (tertiary/aromatic N) is 4. The Morgan fingerprint density at radius 3 is 2.49 bits per heavy atom. The fourth-order valence-electron chi connectivity index (χ4n) is 3.96. The summed E-state index contributed by atoms with van der Waals surface area (Å²) in [5.74, 6) is 5.88. The lowest BCUT2D eigenvalue weighted by molar-refractivity contribution is -0.131. The van der Waals surface area contributed by atoms with Gasteiger partial charge in [0.15, 0.2) is 0 Å². The highest BCUT2D eigenvalue weighted by Gasteiger charge is 2.37. The van der Waals surface area contributed by atoms with Crippen molar-refractivity contribution in [3.63, 3.8) is 0 Å². The van der Waals surface area contributed by atoms with Gasteiger partial charge in [0.25, 0.3) is 5.91 Å². The van der Waals surface area contributed by atoms with Crippen LogP contribution < -0.4 is 5.32 Å². The predicted molar refractivity (Wildman–Crippen MR) is 132 cm³/mol. The van der Waals surface area contributed by atoms with Gasteiger partial charge in [-0.15, -0.1) is 0 Å². The minimum Gasteiger partial charge on any atom is -0.343 e. The second-order valence-electron chi connectivity index (χ2n) is 8.62. The molecule has 1 saturated heterocycles. The van der Waals surface area contributed by atoms with Crippen LogP contribution in [0.2, 0.25) is 5.02 Å².